The van der Waals surface area contributed by atoms with Crippen LogP contribution in [-0.2, 0) is 0 Å². The normalized spacial score (nSPS) is 11.9. The van der Waals surface area contributed by atoms with E-state index in [1.807, 2.05) is 39.0 Å². The van der Waals surface area contributed by atoms with Crippen molar-refractivity contribution < 1.29 is 18.7 Å². The predicted octanol–water partition coefficient (Wildman–Crippen LogP) is 4.30. The van der Waals surface area contributed by atoms with E-state index < -0.39 is 0 Å². The zero-order chi connectivity index (χ0) is 21.0. The van der Waals surface area contributed by atoms with Gasteiger partial charge in [-0.1, -0.05) is 12.1 Å². The summed E-state index contributed by atoms with van der Waals surface area (Å²) in [4.78, 5) is 12.6. The average molecular weight is 397 g/mol. The molecule has 0 saturated carbocycles. The third kappa shape index (κ3) is 4.93. The van der Waals surface area contributed by atoms with Gasteiger partial charge in [-0.2, -0.15) is 5.10 Å². The number of benzene rings is 2. The molecule has 1 aromatic heterocycles. The van der Waals surface area contributed by atoms with Gasteiger partial charge in [0.05, 0.1) is 24.9 Å². The number of nitrogens with zero attached hydrogens (tertiary/aromatic N) is 2. The SMILES string of the molecule is COc1cc(C(C)NC(=O)c2ccn(-c3cccc(F)c3)n2)ccc1OC(C)C. The van der Waals surface area contributed by atoms with Gasteiger partial charge in [0, 0.05) is 6.20 Å². The Bertz CT molecular complexity index is 1000. The number of amides is 1. The first-order valence-corrected chi connectivity index (χ1v) is 9.34. The molecule has 0 saturated heterocycles. The van der Waals surface area contributed by atoms with Crippen molar-refractivity contribution in [3.63, 3.8) is 0 Å². The first-order valence-electron chi connectivity index (χ1n) is 9.34. The molecule has 0 fully saturated rings. The van der Waals surface area contributed by atoms with Crippen molar-refractivity contribution in [1.29, 1.82) is 0 Å². The molecule has 0 aliphatic rings. The lowest BCUT2D eigenvalue weighted by molar-refractivity contribution is 0.0934. The number of methoxy groups -OCH3 is 1. The highest BCUT2D eigenvalue weighted by Gasteiger charge is 2.16. The molecular formula is C22H24FN3O3. The quantitative estimate of drug-likeness (QED) is 0.646. The van der Waals surface area contributed by atoms with Gasteiger partial charge in [0.1, 0.15) is 5.82 Å². The van der Waals surface area contributed by atoms with E-state index in [1.165, 1.54) is 16.8 Å². The Hall–Kier alpha value is -3.35. The molecule has 7 heteroatoms. The van der Waals surface area contributed by atoms with E-state index in [9.17, 15) is 9.18 Å². The highest BCUT2D eigenvalue weighted by Crippen LogP contribution is 2.31. The summed E-state index contributed by atoms with van der Waals surface area (Å²) in [6.07, 6.45) is 1.65. The van der Waals surface area contributed by atoms with Gasteiger partial charge >= 0.3 is 0 Å². The Kier molecular flexibility index (Phi) is 6.16. The van der Waals surface area contributed by atoms with Crippen LogP contribution in [0.1, 0.15) is 42.9 Å². The van der Waals surface area contributed by atoms with Crippen LogP contribution in [0.4, 0.5) is 4.39 Å². The number of aromatic nitrogens is 2. The van der Waals surface area contributed by atoms with Gasteiger partial charge in [0.2, 0.25) is 0 Å². The molecule has 6 nitrogen and oxygen atoms in total. The third-order valence-electron chi connectivity index (χ3n) is 4.29. The second-order valence-corrected chi connectivity index (χ2v) is 6.90. The van der Waals surface area contributed by atoms with Gasteiger partial charge in [-0.15, -0.1) is 0 Å². The smallest absolute Gasteiger partial charge is 0.272 e. The molecule has 2 aromatic carbocycles. The molecule has 0 radical (unpaired) electrons. The van der Waals surface area contributed by atoms with Crippen molar-refractivity contribution in [2.45, 2.75) is 32.9 Å². The second kappa shape index (κ2) is 8.77. The van der Waals surface area contributed by atoms with Crippen LogP contribution in [0, 0.1) is 5.82 Å². The number of halogens is 1. The fourth-order valence-electron chi connectivity index (χ4n) is 2.87. The van der Waals surface area contributed by atoms with Gasteiger partial charge in [0.15, 0.2) is 17.2 Å². The predicted molar refractivity (Wildman–Crippen MR) is 108 cm³/mol. The Labute approximate surface area is 169 Å². The standard InChI is InChI=1S/C22H24FN3O3/c1-14(2)29-20-9-8-16(12-21(20)28-4)15(3)24-22(27)19-10-11-26(25-19)18-7-5-6-17(23)13-18/h5-15H,1-4H3,(H,24,27). The molecule has 1 heterocycles. The lowest BCUT2D eigenvalue weighted by Crippen LogP contribution is -2.27. The van der Waals surface area contributed by atoms with Crippen molar-refractivity contribution >= 4 is 5.91 Å². The maximum atomic E-state index is 13.4. The van der Waals surface area contributed by atoms with Crippen LogP contribution in [-0.4, -0.2) is 28.9 Å². The molecule has 1 amide bonds. The highest BCUT2D eigenvalue weighted by atomic mass is 19.1. The summed E-state index contributed by atoms with van der Waals surface area (Å²) >= 11 is 0. The van der Waals surface area contributed by atoms with Crippen LogP contribution in [0.2, 0.25) is 0 Å². The Morgan fingerprint density at radius 1 is 1.10 bits per heavy atom. The topological polar surface area (TPSA) is 65.4 Å². The summed E-state index contributed by atoms with van der Waals surface area (Å²) in [6, 6.07) is 12.9. The largest absolute Gasteiger partial charge is 0.493 e. The van der Waals surface area contributed by atoms with Crippen molar-refractivity contribution in [1.82, 2.24) is 15.1 Å². The van der Waals surface area contributed by atoms with Crippen molar-refractivity contribution in [2.24, 2.45) is 0 Å². The van der Waals surface area contributed by atoms with E-state index in [4.69, 9.17) is 9.47 Å². The zero-order valence-corrected chi connectivity index (χ0v) is 16.8. The van der Waals surface area contributed by atoms with Crippen LogP contribution in [0.25, 0.3) is 5.69 Å². The third-order valence-corrected chi connectivity index (χ3v) is 4.29. The van der Waals surface area contributed by atoms with Crippen LogP contribution in [0.3, 0.4) is 0 Å². The minimum atomic E-state index is -0.364. The summed E-state index contributed by atoms with van der Waals surface area (Å²) < 4.78 is 26.0. The molecular weight excluding hydrogens is 373 g/mol. The zero-order valence-electron chi connectivity index (χ0n) is 16.8. The molecule has 0 bridgehead atoms. The molecule has 0 aliphatic carbocycles. The Morgan fingerprint density at radius 3 is 2.59 bits per heavy atom. The first kappa shape index (κ1) is 20.4. The Morgan fingerprint density at radius 2 is 1.90 bits per heavy atom. The molecule has 1 N–H and O–H groups in total. The van der Waals surface area contributed by atoms with Gasteiger partial charge in [-0.3, -0.25) is 4.79 Å². The van der Waals surface area contributed by atoms with Gasteiger partial charge in [-0.25, -0.2) is 9.07 Å². The monoisotopic (exact) mass is 397 g/mol. The summed E-state index contributed by atoms with van der Waals surface area (Å²) in [5.74, 6) is 0.567. The van der Waals surface area contributed by atoms with Crippen LogP contribution >= 0.6 is 0 Å². The van der Waals surface area contributed by atoms with Gasteiger partial charge in [0.25, 0.3) is 5.91 Å². The van der Waals surface area contributed by atoms with E-state index >= 15 is 0 Å². The van der Waals surface area contributed by atoms with E-state index in [1.54, 1.807) is 31.5 Å². The number of carbonyl (C=O) groups is 1. The fraction of sp³-hybridized carbons (Fsp3) is 0.273. The number of nitrogens with one attached hydrogen (secondary N) is 1. The minimum Gasteiger partial charge on any atom is -0.493 e. The molecule has 3 aromatic rings. The molecule has 1 unspecified atom stereocenters. The molecule has 0 aliphatic heterocycles. The van der Waals surface area contributed by atoms with Gasteiger partial charge < -0.3 is 14.8 Å². The van der Waals surface area contributed by atoms with Crippen molar-refractivity contribution in [3.05, 3.63) is 71.8 Å². The number of rotatable bonds is 7. The molecule has 3 rings (SSSR count). The van der Waals surface area contributed by atoms with Gasteiger partial charge in [-0.05, 0) is 62.7 Å². The van der Waals surface area contributed by atoms with Crippen molar-refractivity contribution in [2.75, 3.05) is 7.11 Å². The first-order chi connectivity index (χ1) is 13.9. The molecule has 1 atom stereocenters. The number of hydrogen-bond acceptors (Lipinski definition) is 4. The van der Waals surface area contributed by atoms with E-state index in [0.717, 1.165) is 5.56 Å². The maximum absolute atomic E-state index is 13.4. The summed E-state index contributed by atoms with van der Waals surface area (Å²) in [7, 11) is 1.58. The highest BCUT2D eigenvalue weighted by molar-refractivity contribution is 5.92. The molecule has 29 heavy (non-hydrogen) atoms. The molecule has 0 spiro atoms. The number of ether oxygens (including phenoxy) is 2. The van der Waals surface area contributed by atoms with E-state index in [2.05, 4.69) is 10.4 Å². The summed E-state index contributed by atoms with van der Waals surface area (Å²) in [5.41, 5.74) is 1.66. The maximum Gasteiger partial charge on any atom is 0.272 e. The van der Waals surface area contributed by atoms with E-state index in [0.29, 0.717) is 17.2 Å². The minimum absolute atomic E-state index is 0.0278. The van der Waals surface area contributed by atoms with Crippen LogP contribution in [0.15, 0.2) is 54.7 Å². The average Bonchev–Trinajstić information content (AvgIpc) is 3.18. The number of hydrogen-bond donors (Lipinski definition) is 1. The van der Waals surface area contributed by atoms with Crippen molar-refractivity contribution in [3.8, 4) is 17.2 Å². The van der Waals surface area contributed by atoms with Crippen LogP contribution < -0.4 is 14.8 Å². The van der Waals surface area contributed by atoms with E-state index in [-0.39, 0.29) is 29.6 Å². The van der Waals surface area contributed by atoms with Crippen LogP contribution in [0.5, 0.6) is 11.5 Å². The lowest BCUT2D eigenvalue weighted by atomic mass is 10.1. The lowest BCUT2D eigenvalue weighted by Gasteiger charge is -2.18. The fourth-order valence-corrected chi connectivity index (χ4v) is 2.87. The second-order valence-electron chi connectivity index (χ2n) is 6.90. The summed E-state index contributed by atoms with van der Waals surface area (Å²) in [5, 5.41) is 7.16. The number of carbonyl (C=O) groups excluding carboxylic acids is 1. The summed E-state index contributed by atoms with van der Waals surface area (Å²) in [6.45, 7) is 5.76. The molecule has 152 valence electrons. The Balaban J connectivity index is 1.72.